The van der Waals surface area contributed by atoms with E-state index < -0.39 is 12.1 Å². The third-order valence-electron chi connectivity index (χ3n) is 2.90. The number of halogens is 1. The molecule has 1 fully saturated rings. The molecule has 104 valence electrons. The molecule has 1 N–H and O–H groups in total. The van der Waals surface area contributed by atoms with Gasteiger partial charge in [0.2, 0.25) is 0 Å². The van der Waals surface area contributed by atoms with Gasteiger partial charge in [-0.25, -0.2) is 4.79 Å². The molecule has 1 unspecified atom stereocenters. The van der Waals surface area contributed by atoms with E-state index in [4.69, 9.17) is 9.47 Å². The molecule has 19 heavy (non-hydrogen) atoms. The van der Waals surface area contributed by atoms with Gasteiger partial charge in [-0.15, -0.1) is 0 Å². The Kier molecular flexibility index (Phi) is 4.82. The molecule has 0 bridgehead atoms. The molecule has 1 atom stereocenters. The third-order valence-corrected chi connectivity index (χ3v) is 3.36. The minimum atomic E-state index is -1.28. The largest absolute Gasteiger partial charge is 0.493 e. The lowest BCUT2D eigenvalue weighted by Crippen LogP contribution is -2.15. The summed E-state index contributed by atoms with van der Waals surface area (Å²) in [5.41, 5.74) is 0.471. The van der Waals surface area contributed by atoms with Gasteiger partial charge in [0.25, 0.3) is 0 Å². The average molecular weight is 329 g/mol. The molecule has 1 aliphatic carbocycles. The van der Waals surface area contributed by atoms with Crippen LogP contribution in [0.4, 0.5) is 0 Å². The first-order chi connectivity index (χ1) is 9.10. The van der Waals surface area contributed by atoms with Crippen molar-refractivity contribution in [2.45, 2.75) is 25.9 Å². The van der Waals surface area contributed by atoms with Crippen molar-refractivity contribution in [3.63, 3.8) is 0 Å². The fourth-order valence-corrected chi connectivity index (χ4v) is 2.17. The summed E-state index contributed by atoms with van der Waals surface area (Å²) in [5, 5.41) is 9.91. The molecule has 0 radical (unpaired) electrons. The highest BCUT2D eigenvalue weighted by Gasteiger charge is 2.23. The van der Waals surface area contributed by atoms with Crippen LogP contribution in [-0.4, -0.2) is 24.3 Å². The fraction of sp³-hybridized carbons (Fsp3) is 0.500. The van der Waals surface area contributed by atoms with Crippen LogP contribution in [0.25, 0.3) is 0 Å². The minimum Gasteiger partial charge on any atom is -0.493 e. The second-order valence-electron chi connectivity index (χ2n) is 4.63. The first-order valence-corrected chi connectivity index (χ1v) is 7.17. The van der Waals surface area contributed by atoms with E-state index in [1.165, 1.54) is 12.8 Å². The lowest BCUT2D eigenvalue weighted by molar-refractivity contribution is -0.153. The number of benzene rings is 1. The summed E-state index contributed by atoms with van der Waals surface area (Å²) >= 11 is 3.35. The Hall–Kier alpha value is -1.07. The van der Waals surface area contributed by atoms with E-state index in [-0.39, 0.29) is 6.61 Å². The number of carbonyl (C=O) groups is 1. The maximum atomic E-state index is 11.5. The van der Waals surface area contributed by atoms with Gasteiger partial charge < -0.3 is 14.6 Å². The van der Waals surface area contributed by atoms with E-state index in [0.717, 1.165) is 4.47 Å². The molecule has 0 amide bonds. The Bertz CT molecular complexity index is 457. The average Bonchev–Trinajstić information content (AvgIpc) is 3.19. The summed E-state index contributed by atoms with van der Waals surface area (Å²) in [6.45, 7) is 2.63. The SMILES string of the molecule is CCOC(=O)C(O)c1cc(Br)cc(OCC2CC2)c1. The van der Waals surface area contributed by atoms with Gasteiger partial charge in [-0.1, -0.05) is 15.9 Å². The van der Waals surface area contributed by atoms with Crippen molar-refractivity contribution in [3.05, 3.63) is 28.2 Å². The Morgan fingerprint density at radius 2 is 2.21 bits per heavy atom. The van der Waals surface area contributed by atoms with Crippen molar-refractivity contribution in [1.29, 1.82) is 0 Å². The quantitative estimate of drug-likeness (QED) is 0.816. The van der Waals surface area contributed by atoms with Crippen molar-refractivity contribution in [3.8, 4) is 5.75 Å². The minimum absolute atomic E-state index is 0.245. The van der Waals surface area contributed by atoms with Gasteiger partial charge in [-0.2, -0.15) is 0 Å². The van der Waals surface area contributed by atoms with E-state index in [0.29, 0.717) is 23.8 Å². The first-order valence-electron chi connectivity index (χ1n) is 6.38. The van der Waals surface area contributed by atoms with Gasteiger partial charge >= 0.3 is 5.97 Å². The summed E-state index contributed by atoms with van der Waals surface area (Å²) in [6, 6.07) is 5.18. The fourth-order valence-electron chi connectivity index (χ4n) is 1.68. The van der Waals surface area contributed by atoms with Gasteiger partial charge in [-0.3, -0.25) is 0 Å². The molecule has 0 aromatic heterocycles. The van der Waals surface area contributed by atoms with Crippen LogP contribution >= 0.6 is 15.9 Å². The van der Waals surface area contributed by atoms with Crippen LogP contribution in [-0.2, 0) is 9.53 Å². The number of hydrogen-bond donors (Lipinski definition) is 1. The molecule has 1 aromatic carbocycles. The standard InChI is InChI=1S/C14H17BrO4/c1-2-18-14(17)13(16)10-5-11(15)7-12(6-10)19-8-9-3-4-9/h5-7,9,13,16H,2-4,8H2,1H3. The van der Waals surface area contributed by atoms with E-state index in [2.05, 4.69) is 15.9 Å². The predicted molar refractivity (Wildman–Crippen MR) is 74.0 cm³/mol. The molecule has 0 saturated heterocycles. The summed E-state index contributed by atoms with van der Waals surface area (Å²) in [5.74, 6) is 0.658. The maximum absolute atomic E-state index is 11.5. The van der Waals surface area contributed by atoms with Crippen LogP contribution in [0.2, 0.25) is 0 Å². The van der Waals surface area contributed by atoms with E-state index >= 15 is 0 Å². The summed E-state index contributed by atoms with van der Waals surface area (Å²) in [4.78, 5) is 11.5. The Balaban J connectivity index is 2.07. The molecule has 0 spiro atoms. The first kappa shape index (κ1) is 14.3. The number of ether oxygens (including phenoxy) is 2. The number of aliphatic hydroxyl groups is 1. The number of carbonyl (C=O) groups excluding carboxylic acids is 1. The monoisotopic (exact) mass is 328 g/mol. The zero-order valence-corrected chi connectivity index (χ0v) is 12.4. The highest BCUT2D eigenvalue weighted by Crippen LogP contribution is 2.31. The van der Waals surface area contributed by atoms with E-state index in [1.54, 1.807) is 19.1 Å². The highest BCUT2D eigenvalue weighted by molar-refractivity contribution is 9.10. The van der Waals surface area contributed by atoms with Crippen molar-refractivity contribution in [2.24, 2.45) is 5.92 Å². The zero-order chi connectivity index (χ0) is 13.8. The molecule has 1 aliphatic rings. The van der Waals surface area contributed by atoms with Gasteiger partial charge in [-0.05, 0) is 49.4 Å². The van der Waals surface area contributed by atoms with Crippen LogP contribution in [0.5, 0.6) is 5.75 Å². The van der Waals surface area contributed by atoms with Gasteiger partial charge in [0.15, 0.2) is 6.10 Å². The third kappa shape index (κ3) is 4.21. The predicted octanol–water partition coefficient (Wildman–Crippen LogP) is 2.83. The Labute approximate surface area is 120 Å². The lowest BCUT2D eigenvalue weighted by Gasteiger charge is -2.13. The van der Waals surface area contributed by atoms with Crippen LogP contribution < -0.4 is 4.74 Å². The van der Waals surface area contributed by atoms with Crippen molar-refractivity contribution in [2.75, 3.05) is 13.2 Å². The molecule has 1 saturated carbocycles. The molecule has 0 heterocycles. The molecule has 4 nitrogen and oxygen atoms in total. The van der Waals surface area contributed by atoms with E-state index in [1.807, 2.05) is 6.07 Å². The van der Waals surface area contributed by atoms with Crippen LogP contribution in [0.15, 0.2) is 22.7 Å². The molecular weight excluding hydrogens is 312 g/mol. The molecular formula is C14H17BrO4. The Morgan fingerprint density at radius 1 is 1.47 bits per heavy atom. The zero-order valence-electron chi connectivity index (χ0n) is 10.8. The van der Waals surface area contributed by atoms with Crippen molar-refractivity contribution < 1.29 is 19.4 Å². The maximum Gasteiger partial charge on any atom is 0.339 e. The highest BCUT2D eigenvalue weighted by atomic mass is 79.9. The molecule has 2 rings (SSSR count). The summed E-state index contributed by atoms with van der Waals surface area (Å²) in [7, 11) is 0. The molecule has 0 aliphatic heterocycles. The second-order valence-corrected chi connectivity index (χ2v) is 5.54. The summed E-state index contributed by atoms with van der Waals surface area (Å²) in [6.07, 6.45) is 1.15. The molecule has 1 aromatic rings. The van der Waals surface area contributed by atoms with Gasteiger partial charge in [0.1, 0.15) is 5.75 Å². The van der Waals surface area contributed by atoms with Gasteiger partial charge in [0.05, 0.1) is 13.2 Å². The number of hydrogen-bond acceptors (Lipinski definition) is 4. The lowest BCUT2D eigenvalue weighted by atomic mass is 10.1. The smallest absolute Gasteiger partial charge is 0.339 e. The van der Waals surface area contributed by atoms with Crippen molar-refractivity contribution >= 4 is 21.9 Å². The van der Waals surface area contributed by atoms with E-state index in [9.17, 15) is 9.90 Å². The normalized spacial score (nSPS) is 15.9. The second kappa shape index (κ2) is 6.39. The number of aliphatic hydroxyl groups excluding tert-OH is 1. The summed E-state index contributed by atoms with van der Waals surface area (Å²) < 4.78 is 11.2. The van der Waals surface area contributed by atoms with Crippen molar-refractivity contribution in [1.82, 2.24) is 0 Å². The Morgan fingerprint density at radius 3 is 2.84 bits per heavy atom. The number of esters is 1. The van der Waals surface area contributed by atoms with Gasteiger partial charge in [0, 0.05) is 4.47 Å². The topological polar surface area (TPSA) is 55.8 Å². The van der Waals surface area contributed by atoms with Crippen LogP contribution in [0, 0.1) is 5.92 Å². The number of rotatable bonds is 6. The molecule has 5 heteroatoms. The van der Waals surface area contributed by atoms with Crippen LogP contribution in [0.1, 0.15) is 31.4 Å². The van der Waals surface area contributed by atoms with Crippen LogP contribution in [0.3, 0.4) is 0 Å².